The first-order valence-electron chi connectivity index (χ1n) is 6.19. The van der Waals surface area contributed by atoms with Gasteiger partial charge in [0, 0.05) is 18.0 Å². The Morgan fingerprint density at radius 1 is 1.11 bits per heavy atom. The van der Waals surface area contributed by atoms with Crippen LogP contribution in [0.3, 0.4) is 0 Å². The fourth-order valence-corrected chi connectivity index (χ4v) is 2.62. The second-order valence-electron chi connectivity index (χ2n) is 4.36. The molecule has 6 nitrogen and oxygen atoms in total. The molecule has 0 atom stereocenters. The largest absolute Gasteiger partial charge is 0.374 e. The van der Waals surface area contributed by atoms with Crippen LogP contribution in [0.25, 0.3) is 11.0 Å². The minimum atomic E-state index is 0.541. The van der Waals surface area contributed by atoms with E-state index in [1.807, 2.05) is 12.3 Å². The zero-order valence-electron chi connectivity index (χ0n) is 10.3. The maximum Gasteiger partial charge on any atom is 0.203 e. The van der Waals surface area contributed by atoms with Crippen LogP contribution in [-0.2, 0) is 12.8 Å². The minimum absolute atomic E-state index is 0.541. The zero-order valence-corrected chi connectivity index (χ0v) is 11.2. The van der Waals surface area contributed by atoms with Gasteiger partial charge in [-0.15, -0.1) is 15.3 Å². The molecule has 3 N–H and O–H groups in total. The van der Waals surface area contributed by atoms with Crippen LogP contribution < -0.4 is 5.73 Å². The van der Waals surface area contributed by atoms with E-state index in [0.29, 0.717) is 5.13 Å². The van der Waals surface area contributed by atoms with E-state index in [-0.39, 0.29) is 0 Å². The molecule has 7 heteroatoms. The van der Waals surface area contributed by atoms with Crippen LogP contribution in [0.2, 0.25) is 0 Å². The lowest BCUT2D eigenvalue weighted by Gasteiger charge is -1.99. The number of rotatable bonds is 5. The van der Waals surface area contributed by atoms with Crippen molar-refractivity contribution in [1.82, 2.24) is 25.4 Å². The molecule has 3 aromatic heterocycles. The van der Waals surface area contributed by atoms with Crippen molar-refractivity contribution in [2.75, 3.05) is 5.73 Å². The summed E-state index contributed by atoms with van der Waals surface area (Å²) < 4.78 is 0. The Labute approximate surface area is 114 Å². The minimum Gasteiger partial charge on any atom is -0.374 e. The molecule has 0 aliphatic carbocycles. The van der Waals surface area contributed by atoms with Crippen molar-refractivity contribution in [3.8, 4) is 0 Å². The third kappa shape index (κ3) is 2.87. The van der Waals surface area contributed by atoms with Gasteiger partial charge in [-0.1, -0.05) is 11.3 Å². The summed E-state index contributed by atoms with van der Waals surface area (Å²) in [6.45, 7) is 0. The molecule has 0 unspecified atom stereocenters. The number of anilines is 1. The molecule has 98 valence electrons. The number of aromatic nitrogens is 5. The standard InChI is InChI=1S/C12H14N6S/c13-12-18-16-10(19-12)4-2-1-3-9-7-8-5-6-14-11(8)17-15-9/h5-7H,1-4H2,(H2,13,18)(H,14,17). The fourth-order valence-electron chi connectivity index (χ4n) is 1.97. The molecule has 0 saturated heterocycles. The Kier molecular flexibility index (Phi) is 3.37. The Morgan fingerprint density at radius 2 is 2.00 bits per heavy atom. The summed E-state index contributed by atoms with van der Waals surface area (Å²) in [5.41, 5.74) is 7.41. The Morgan fingerprint density at radius 3 is 2.84 bits per heavy atom. The molecule has 3 aromatic rings. The number of nitrogens with one attached hydrogen (secondary N) is 1. The lowest BCUT2D eigenvalue weighted by atomic mass is 10.1. The topological polar surface area (TPSA) is 93.4 Å². The molecule has 0 amide bonds. The summed E-state index contributed by atoms with van der Waals surface area (Å²) in [6, 6.07) is 4.10. The second kappa shape index (κ2) is 5.31. The van der Waals surface area contributed by atoms with Crippen molar-refractivity contribution < 1.29 is 0 Å². The number of aryl methyl sites for hydroxylation is 2. The fraction of sp³-hybridized carbons (Fsp3) is 0.333. The highest BCUT2D eigenvalue weighted by molar-refractivity contribution is 7.15. The van der Waals surface area contributed by atoms with Gasteiger partial charge in [-0.05, 0) is 31.4 Å². The predicted octanol–water partition coefficient (Wildman–Crippen LogP) is 1.96. The van der Waals surface area contributed by atoms with Gasteiger partial charge in [0.1, 0.15) is 5.01 Å². The zero-order chi connectivity index (χ0) is 13.1. The van der Waals surface area contributed by atoms with Crippen LogP contribution in [0.1, 0.15) is 23.5 Å². The van der Waals surface area contributed by atoms with Crippen LogP contribution in [0.4, 0.5) is 5.13 Å². The van der Waals surface area contributed by atoms with Crippen LogP contribution in [0.15, 0.2) is 18.3 Å². The summed E-state index contributed by atoms with van der Waals surface area (Å²) in [4.78, 5) is 3.04. The quantitative estimate of drug-likeness (QED) is 0.694. The van der Waals surface area contributed by atoms with Gasteiger partial charge >= 0.3 is 0 Å². The number of fused-ring (bicyclic) bond motifs is 1. The van der Waals surface area contributed by atoms with E-state index in [1.54, 1.807) is 0 Å². The molecule has 3 heterocycles. The van der Waals surface area contributed by atoms with E-state index in [4.69, 9.17) is 5.73 Å². The normalized spacial score (nSPS) is 11.2. The first-order chi connectivity index (χ1) is 9.31. The molecule has 0 aliphatic rings. The molecule has 0 aromatic carbocycles. The lowest BCUT2D eigenvalue weighted by Crippen LogP contribution is -1.94. The number of nitrogens with zero attached hydrogens (tertiary/aromatic N) is 4. The number of aromatic amines is 1. The second-order valence-corrected chi connectivity index (χ2v) is 5.45. The summed E-state index contributed by atoms with van der Waals surface area (Å²) in [6.07, 6.45) is 5.85. The smallest absolute Gasteiger partial charge is 0.203 e. The monoisotopic (exact) mass is 274 g/mol. The maximum absolute atomic E-state index is 5.54. The van der Waals surface area contributed by atoms with Crippen molar-refractivity contribution >= 4 is 27.5 Å². The number of nitrogen functional groups attached to an aromatic ring is 1. The average Bonchev–Trinajstić information content (AvgIpc) is 3.03. The van der Waals surface area contributed by atoms with Crippen molar-refractivity contribution in [2.24, 2.45) is 0 Å². The summed E-state index contributed by atoms with van der Waals surface area (Å²) in [7, 11) is 0. The van der Waals surface area contributed by atoms with Gasteiger partial charge in [0.2, 0.25) is 5.13 Å². The molecule has 0 aliphatic heterocycles. The van der Waals surface area contributed by atoms with Gasteiger partial charge in [-0.3, -0.25) is 0 Å². The molecule has 0 spiro atoms. The highest BCUT2D eigenvalue weighted by Crippen LogP contribution is 2.15. The predicted molar refractivity (Wildman–Crippen MR) is 74.9 cm³/mol. The van der Waals surface area contributed by atoms with E-state index >= 15 is 0 Å². The molecule has 0 saturated carbocycles. The van der Waals surface area contributed by atoms with Crippen LogP contribution in [0.5, 0.6) is 0 Å². The molecule has 0 radical (unpaired) electrons. The Hall–Kier alpha value is -2.02. The average molecular weight is 274 g/mol. The summed E-state index contributed by atoms with van der Waals surface area (Å²) in [5, 5.41) is 18.8. The van der Waals surface area contributed by atoms with E-state index in [9.17, 15) is 0 Å². The SMILES string of the molecule is Nc1nnc(CCCCc2cc3cc[nH]c3nn2)s1. The van der Waals surface area contributed by atoms with Crippen LogP contribution >= 0.6 is 11.3 Å². The van der Waals surface area contributed by atoms with Gasteiger partial charge in [-0.2, -0.15) is 5.10 Å². The van der Waals surface area contributed by atoms with Crippen LogP contribution in [0, 0.1) is 0 Å². The van der Waals surface area contributed by atoms with E-state index in [0.717, 1.165) is 47.4 Å². The summed E-state index contributed by atoms with van der Waals surface area (Å²) in [5.74, 6) is 0. The first-order valence-corrected chi connectivity index (χ1v) is 7.00. The summed E-state index contributed by atoms with van der Waals surface area (Å²) >= 11 is 1.46. The maximum atomic E-state index is 5.54. The van der Waals surface area contributed by atoms with Gasteiger partial charge in [-0.25, -0.2) is 0 Å². The van der Waals surface area contributed by atoms with E-state index < -0.39 is 0 Å². The highest BCUT2D eigenvalue weighted by Gasteiger charge is 2.03. The number of H-pyrrole nitrogens is 1. The third-order valence-electron chi connectivity index (χ3n) is 2.91. The van der Waals surface area contributed by atoms with Crippen molar-refractivity contribution in [3.63, 3.8) is 0 Å². The van der Waals surface area contributed by atoms with Crippen molar-refractivity contribution in [1.29, 1.82) is 0 Å². The van der Waals surface area contributed by atoms with E-state index in [1.165, 1.54) is 11.3 Å². The van der Waals surface area contributed by atoms with Crippen molar-refractivity contribution in [3.05, 3.63) is 29.0 Å². The van der Waals surface area contributed by atoms with Gasteiger partial charge in [0.05, 0.1) is 5.69 Å². The number of nitrogens with two attached hydrogens (primary N) is 1. The molecule has 3 rings (SSSR count). The number of hydrogen-bond acceptors (Lipinski definition) is 6. The van der Waals surface area contributed by atoms with Gasteiger partial charge < -0.3 is 10.7 Å². The Balaban J connectivity index is 1.51. The Bertz CT molecular complexity index is 673. The molecule has 0 fully saturated rings. The molecular weight excluding hydrogens is 260 g/mol. The van der Waals surface area contributed by atoms with Gasteiger partial charge in [0.15, 0.2) is 5.65 Å². The third-order valence-corrected chi connectivity index (χ3v) is 3.73. The molecule has 19 heavy (non-hydrogen) atoms. The van der Waals surface area contributed by atoms with Crippen molar-refractivity contribution in [2.45, 2.75) is 25.7 Å². The molecule has 0 bridgehead atoms. The highest BCUT2D eigenvalue weighted by atomic mass is 32.1. The number of hydrogen-bond donors (Lipinski definition) is 2. The van der Waals surface area contributed by atoms with Gasteiger partial charge in [0.25, 0.3) is 0 Å². The molecular formula is C12H14N6S. The first kappa shape index (κ1) is 12.0. The van der Waals surface area contributed by atoms with E-state index in [2.05, 4.69) is 31.4 Å². The van der Waals surface area contributed by atoms with Crippen LogP contribution in [-0.4, -0.2) is 25.4 Å². The number of unbranched alkanes of at least 4 members (excludes halogenated alkanes) is 1. The lowest BCUT2D eigenvalue weighted by molar-refractivity contribution is 0.709.